The first-order valence-electron chi connectivity index (χ1n) is 6.72. The van der Waals surface area contributed by atoms with Crippen LogP contribution in [0, 0.1) is 0 Å². The van der Waals surface area contributed by atoms with Crippen molar-refractivity contribution in [1.82, 2.24) is 5.32 Å². The number of nitrogens with one attached hydrogen (secondary N) is 1. The molecule has 108 valence electrons. The zero-order valence-corrected chi connectivity index (χ0v) is 12.9. The summed E-state index contributed by atoms with van der Waals surface area (Å²) in [7, 11) is 1.64. The van der Waals surface area contributed by atoms with Gasteiger partial charge in [-0.1, -0.05) is 12.1 Å². The molecule has 0 saturated heterocycles. The van der Waals surface area contributed by atoms with Gasteiger partial charge in [0.25, 0.3) is 0 Å². The smallest absolute Gasteiger partial charge is 0.118 e. The van der Waals surface area contributed by atoms with Crippen molar-refractivity contribution in [1.29, 1.82) is 0 Å². The van der Waals surface area contributed by atoms with E-state index in [1.165, 1.54) is 5.56 Å². The Kier molecular flexibility index (Phi) is 5.17. The van der Waals surface area contributed by atoms with Crippen LogP contribution in [0.25, 0.3) is 0 Å². The number of ether oxygens (including phenoxy) is 1. The van der Waals surface area contributed by atoms with Crippen LogP contribution in [0.1, 0.15) is 37.1 Å². The van der Waals surface area contributed by atoms with Crippen molar-refractivity contribution in [3.8, 4) is 5.75 Å². The van der Waals surface area contributed by atoms with Gasteiger partial charge in [-0.15, -0.1) is 0 Å². The second-order valence-electron chi connectivity index (χ2n) is 4.95. The number of aliphatic hydroxyl groups is 1. The van der Waals surface area contributed by atoms with E-state index in [0.29, 0.717) is 0 Å². The first-order valence-corrected chi connectivity index (χ1v) is 7.66. The summed E-state index contributed by atoms with van der Waals surface area (Å²) >= 11 is 1.69. The molecule has 0 saturated carbocycles. The largest absolute Gasteiger partial charge is 0.497 e. The zero-order chi connectivity index (χ0) is 14.5. The van der Waals surface area contributed by atoms with Gasteiger partial charge in [0, 0.05) is 12.1 Å². The summed E-state index contributed by atoms with van der Waals surface area (Å²) in [6.07, 6.45) is -0.540. The van der Waals surface area contributed by atoms with Crippen LogP contribution in [0.2, 0.25) is 0 Å². The van der Waals surface area contributed by atoms with E-state index < -0.39 is 6.10 Å². The molecule has 0 bridgehead atoms. The van der Waals surface area contributed by atoms with Crippen LogP contribution < -0.4 is 10.1 Å². The Balaban J connectivity index is 1.98. The van der Waals surface area contributed by atoms with Crippen molar-refractivity contribution in [3.63, 3.8) is 0 Å². The lowest BCUT2D eigenvalue weighted by atomic mass is 10.0. The predicted molar refractivity (Wildman–Crippen MR) is 83.3 cm³/mol. The van der Waals surface area contributed by atoms with Gasteiger partial charge in [0.05, 0.1) is 13.2 Å². The summed E-state index contributed by atoms with van der Waals surface area (Å²) in [5.41, 5.74) is 2.15. The van der Waals surface area contributed by atoms with Crippen molar-refractivity contribution < 1.29 is 9.84 Å². The van der Waals surface area contributed by atoms with Gasteiger partial charge in [-0.25, -0.2) is 0 Å². The summed E-state index contributed by atoms with van der Waals surface area (Å²) in [5, 5.41) is 18.0. The molecule has 1 aromatic heterocycles. The Bertz CT molecular complexity index is 510. The number of benzene rings is 1. The summed E-state index contributed by atoms with van der Waals surface area (Å²) in [5.74, 6) is 0.799. The molecule has 3 nitrogen and oxygen atoms in total. The fraction of sp³-hybridized carbons (Fsp3) is 0.375. The van der Waals surface area contributed by atoms with Crippen molar-refractivity contribution in [2.24, 2.45) is 0 Å². The van der Waals surface area contributed by atoms with E-state index in [2.05, 4.69) is 29.1 Å². The topological polar surface area (TPSA) is 41.5 Å². The van der Waals surface area contributed by atoms with Crippen LogP contribution >= 0.6 is 11.3 Å². The maximum Gasteiger partial charge on any atom is 0.118 e. The normalized spacial score (nSPS) is 15.6. The molecule has 0 fully saturated rings. The van der Waals surface area contributed by atoms with Gasteiger partial charge in [-0.2, -0.15) is 11.3 Å². The quantitative estimate of drug-likeness (QED) is 0.855. The van der Waals surface area contributed by atoms with E-state index in [4.69, 9.17) is 4.74 Å². The molecule has 0 aliphatic heterocycles. The highest BCUT2D eigenvalue weighted by Crippen LogP contribution is 2.23. The van der Waals surface area contributed by atoms with E-state index in [1.54, 1.807) is 18.4 Å². The molecule has 1 heterocycles. The average Bonchev–Trinajstić information content (AvgIpc) is 3.01. The molecule has 3 unspecified atom stereocenters. The van der Waals surface area contributed by atoms with Crippen molar-refractivity contribution in [3.05, 3.63) is 52.2 Å². The van der Waals surface area contributed by atoms with E-state index in [1.807, 2.05) is 31.2 Å². The molecule has 20 heavy (non-hydrogen) atoms. The highest BCUT2D eigenvalue weighted by molar-refractivity contribution is 7.07. The van der Waals surface area contributed by atoms with Crippen LogP contribution in [-0.2, 0) is 0 Å². The molecule has 1 aromatic carbocycles. The molecule has 3 atom stereocenters. The fourth-order valence-corrected chi connectivity index (χ4v) is 2.95. The molecule has 2 rings (SSSR count). The van der Waals surface area contributed by atoms with Gasteiger partial charge in [-0.05, 0) is 53.9 Å². The fourth-order valence-electron chi connectivity index (χ4n) is 2.19. The molecular formula is C16H21NO2S. The number of methoxy groups -OCH3 is 1. The second kappa shape index (κ2) is 6.88. The van der Waals surface area contributed by atoms with E-state index >= 15 is 0 Å². The highest BCUT2D eigenvalue weighted by Gasteiger charge is 2.18. The van der Waals surface area contributed by atoms with Gasteiger partial charge in [0.1, 0.15) is 5.75 Å². The molecule has 0 aliphatic rings. The van der Waals surface area contributed by atoms with Crippen LogP contribution in [0.4, 0.5) is 0 Å². The summed E-state index contributed by atoms with van der Waals surface area (Å²) in [6, 6.07) is 9.84. The maximum absolute atomic E-state index is 10.4. The molecule has 2 N–H and O–H groups in total. The standard InChI is InChI=1S/C16H21NO2S/c1-11(14-8-9-20-10-14)17-12(2)16(18)13-4-6-15(19-3)7-5-13/h4-12,16-18H,1-3H3. The van der Waals surface area contributed by atoms with Crippen molar-refractivity contribution >= 4 is 11.3 Å². The number of rotatable bonds is 6. The minimum atomic E-state index is -0.540. The van der Waals surface area contributed by atoms with Gasteiger partial charge < -0.3 is 15.2 Å². The number of hydrogen-bond donors (Lipinski definition) is 2. The van der Waals surface area contributed by atoms with Gasteiger partial charge in [-0.3, -0.25) is 0 Å². The first-order chi connectivity index (χ1) is 9.61. The molecule has 0 radical (unpaired) electrons. The lowest BCUT2D eigenvalue weighted by Gasteiger charge is -2.24. The predicted octanol–water partition coefficient (Wildman–Crippen LogP) is 3.53. The van der Waals surface area contributed by atoms with Crippen molar-refractivity contribution in [2.45, 2.75) is 32.0 Å². The Morgan fingerprint density at radius 3 is 2.35 bits per heavy atom. The minimum Gasteiger partial charge on any atom is -0.497 e. The number of hydrogen-bond acceptors (Lipinski definition) is 4. The molecule has 4 heteroatoms. The third kappa shape index (κ3) is 3.60. The summed E-state index contributed by atoms with van der Waals surface area (Å²) < 4.78 is 5.13. The Morgan fingerprint density at radius 1 is 1.10 bits per heavy atom. The van der Waals surface area contributed by atoms with Crippen LogP contribution in [0.15, 0.2) is 41.1 Å². The number of aliphatic hydroxyl groups excluding tert-OH is 1. The summed E-state index contributed by atoms with van der Waals surface area (Å²) in [4.78, 5) is 0. The monoisotopic (exact) mass is 291 g/mol. The summed E-state index contributed by atoms with van der Waals surface area (Å²) in [6.45, 7) is 4.11. The zero-order valence-electron chi connectivity index (χ0n) is 12.0. The molecule has 2 aromatic rings. The minimum absolute atomic E-state index is 0.0294. The van der Waals surface area contributed by atoms with Crippen LogP contribution in [0.3, 0.4) is 0 Å². The number of thiophene rings is 1. The van der Waals surface area contributed by atoms with E-state index in [9.17, 15) is 5.11 Å². The molecule has 0 aliphatic carbocycles. The van der Waals surface area contributed by atoms with E-state index in [-0.39, 0.29) is 12.1 Å². The lowest BCUT2D eigenvalue weighted by Crippen LogP contribution is -2.34. The molecule has 0 amide bonds. The second-order valence-corrected chi connectivity index (χ2v) is 5.73. The Morgan fingerprint density at radius 2 is 1.80 bits per heavy atom. The van der Waals surface area contributed by atoms with Crippen LogP contribution in [0.5, 0.6) is 5.75 Å². The van der Waals surface area contributed by atoms with Crippen LogP contribution in [-0.4, -0.2) is 18.3 Å². The van der Waals surface area contributed by atoms with Gasteiger partial charge in [0.15, 0.2) is 0 Å². The van der Waals surface area contributed by atoms with Crippen molar-refractivity contribution in [2.75, 3.05) is 7.11 Å². The molecular weight excluding hydrogens is 270 g/mol. The van der Waals surface area contributed by atoms with E-state index in [0.717, 1.165) is 11.3 Å². The maximum atomic E-state index is 10.4. The molecule has 0 spiro atoms. The van der Waals surface area contributed by atoms with Gasteiger partial charge >= 0.3 is 0 Å². The Hall–Kier alpha value is -1.36. The third-order valence-electron chi connectivity index (χ3n) is 3.49. The first kappa shape index (κ1) is 15.0. The third-order valence-corrected chi connectivity index (χ3v) is 4.19. The highest BCUT2D eigenvalue weighted by atomic mass is 32.1. The lowest BCUT2D eigenvalue weighted by molar-refractivity contribution is 0.130. The van der Waals surface area contributed by atoms with Gasteiger partial charge in [0.2, 0.25) is 0 Å². The average molecular weight is 291 g/mol. The Labute approximate surface area is 124 Å². The SMILES string of the molecule is COc1ccc(C(O)C(C)NC(C)c2ccsc2)cc1.